The molecule has 0 radical (unpaired) electrons. The SMILES string of the molecule is CCCNC(=O)[C@H](C)N(Cc1cccc(Br)c1)C(=O)CN(c1cccc(C)c1)S(C)(=O)=O. The standard InChI is InChI=1S/C23H30BrN3O4S/c1-5-12-25-23(29)18(3)26(15-19-9-7-10-20(24)14-19)22(28)16-27(32(4,30)31)21-11-6-8-17(2)13-21/h6-11,13-14,18H,5,12,15-16H2,1-4H3,(H,25,29)/t18-/m0/s1. The van der Waals surface area contributed by atoms with Crippen molar-refractivity contribution in [2.75, 3.05) is 23.7 Å². The Hall–Kier alpha value is -2.39. The van der Waals surface area contributed by atoms with Gasteiger partial charge in [-0.05, 0) is 55.7 Å². The summed E-state index contributed by atoms with van der Waals surface area (Å²) in [5.74, 6) is -0.743. The van der Waals surface area contributed by atoms with Gasteiger partial charge in [-0.25, -0.2) is 8.42 Å². The van der Waals surface area contributed by atoms with Crippen LogP contribution in [-0.4, -0.2) is 50.5 Å². The molecule has 2 aromatic carbocycles. The summed E-state index contributed by atoms with van der Waals surface area (Å²) in [5, 5.41) is 2.81. The highest BCUT2D eigenvalue weighted by Crippen LogP contribution is 2.21. The summed E-state index contributed by atoms with van der Waals surface area (Å²) in [6.45, 7) is 5.72. The van der Waals surface area contributed by atoms with E-state index in [-0.39, 0.29) is 12.5 Å². The molecular formula is C23H30BrN3O4S. The van der Waals surface area contributed by atoms with Crippen molar-refractivity contribution in [2.45, 2.75) is 39.8 Å². The van der Waals surface area contributed by atoms with E-state index >= 15 is 0 Å². The van der Waals surface area contributed by atoms with Crippen LogP contribution in [0.15, 0.2) is 53.0 Å². The van der Waals surface area contributed by atoms with Crippen LogP contribution in [0.1, 0.15) is 31.4 Å². The first kappa shape index (κ1) is 25.9. The lowest BCUT2D eigenvalue weighted by molar-refractivity contribution is -0.139. The molecule has 2 amide bonds. The Balaban J connectivity index is 2.37. The van der Waals surface area contributed by atoms with Crippen molar-refractivity contribution in [1.82, 2.24) is 10.2 Å². The van der Waals surface area contributed by atoms with Crippen LogP contribution in [0.4, 0.5) is 5.69 Å². The lowest BCUT2D eigenvalue weighted by atomic mass is 10.1. The van der Waals surface area contributed by atoms with Crippen LogP contribution < -0.4 is 9.62 Å². The fourth-order valence-electron chi connectivity index (χ4n) is 3.21. The van der Waals surface area contributed by atoms with Crippen LogP contribution in [-0.2, 0) is 26.2 Å². The second kappa shape index (κ2) is 11.5. The zero-order valence-electron chi connectivity index (χ0n) is 18.8. The van der Waals surface area contributed by atoms with Crippen LogP contribution in [0, 0.1) is 6.92 Å². The maximum atomic E-state index is 13.4. The predicted molar refractivity (Wildman–Crippen MR) is 131 cm³/mol. The summed E-state index contributed by atoms with van der Waals surface area (Å²) >= 11 is 3.42. The zero-order chi connectivity index (χ0) is 23.9. The molecule has 0 unspecified atom stereocenters. The second-order valence-corrected chi connectivity index (χ2v) is 10.5. The number of rotatable bonds is 10. The van der Waals surface area contributed by atoms with Crippen molar-refractivity contribution in [1.29, 1.82) is 0 Å². The lowest BCUT2D eigenvalue weighted by Gasteiger charge is -2.31. The van der Waals surface area contributed by atoms with Crippen molar-refractivity contribution in [3.8, 4) is 0 Å². The van der Waals surface area contributed by atoms with Crippen LogP contribution in [0.5, 0.6) is 0 Å². The zero-order valence-corrected chi connectivity index (χ0v) is 21.2. The number of sulfonamides is 1. The van der Waals surface area contributed by atoms with Gasteiger partial charge in [0, 0.05) is 17.6 Å². The highest BCUT2D eigenvalue weighted by Gasteiger charge is 2.30. The van der Waals surface area contributed by atoms with Crippen molar-refractivity contribution in [3.63, 3.8) is 0 Å². The average molecular weight is 524 g/mol. The topological polar surface area (TPSA) is 86.8 Å². The van der Waals surface area contributed by atoms with Gasteiger partial charge < -0.3 is 10.2 Å². The normalized spacial score (nSPS) is 12.2. The van der Waals surface area contributed by atoms with Crippen molar-refractivity contribution >= 4 is 43.5 Å². The Morgan fingerprint density at radius 2 is 1.81 bits per heavy atom. The Morgan fingerprint density at radius 3 is 2.41 bits per heavy atom. The Labute approximate surface area is 199 Å². The first-order valence-corrected chi connectivity index (χ1v) is 13.0. The van der Waals surface area contributed by atoms with Gasteiger partial charge in [0.2, 0.25) is 21.8 Å². The third-order valence-electron chi connectivity index (χ3n) is 4.93. The quantitative estimate of drug-likeness (QED) is 0.516. The molecule has 0 aliphatic carbocycles. The number of benzene rings is 2. The number of carbonyl (C=O) groups excluding carboxylic acids is 2. The first-order valence-electron chi connectivity index (χ1n) is 10.4. The van der Waals surface area contributed by atoms with E-state index in [1.807, 2.05) is 44.2 Å². The number of nitrogens with one attached hydrogen (secondary N) is 1. The van der Waals surface area contributed by atoms with Gasteiger partial charge >= 0.3 is 0 Å². The number of hydrogen-bond acceptors (Lipinski definition) is 4. The van der Waals surface area contributed by atoms with Crippen molar-refractivity contribution < 1.29 is 18.0 Å². The van der Waals surface area contributed by atoms with Gasteiger partial charge in [-0.3, -0.25) is 13.9 Å². The van der Waals surface area contributed by atoms with Crippen LogP contribution in [0.25, 0.3) is 0 Å². The molecule has 0 aliphatic rings. The third-order valence-corrected chi connectivity index (χ3v) is 6.56. The molecule has 174 valence electrons. The summed E-state index contributed by atoms with van der Waals surface area (Å²) in [6.07, 6.45) is 1.84. The molecule has 1 atom stereocenters. The van der Waals surface area contributed by atoms with Crippen molar-refractivity contribution in [2.24, 2.45) is 0 Å². The highest BCUT2D eigenvalue weighted by molar-refractivity contribution is 9.10. The number of halogens is 1. The van der Waals surface area contributed by atoms with Crippen LogP contribution in [0.3, 0.4) is 0 Å². The van der Waals surface area contributed by atoms with Gasteiger partial charge in [0.1, 0.15) is 12.6 Å². The van der Waals surface area contributed by atoms with Gasteiger partial charge in [-0.2, -0.15) is 0 Å². The first-order chi connectivity index (χ1) is 15.0. The molecule has 0 saturated carbocycles. The van der Waals surface area contributed by atoms with Gasteiger partial charge in [-0.1, -0.05) is 47.1 Å². The third kappa shape index (κ3) is 7.34. The van der Waals surface area contributed by atoms with Gasteiger partial charge in [-0.15, -0.1) is 0 Å². The summed E-state index contributed by atoms with van der Waals surface area (Å²) in [5.41, 5.74) is 2.11. The van der Waals surface area contributed by atoms with E-state index in [0.717, 1.165) is 32.6 Å². The van der Waals surface area contributed by atoms with Gasteiger partial charge in [0.05, 0.1) is 11.9 Å². The maximum Gasteiger partial charge on any atom is 0.244 e. The number of amides is 2. The fraction of sp³-hybridized carbons (Fsp3) is 0.391. The van der Waals surface area contributed by atoms with E-state index < -0.39 is 28.5 Å². The molecule has 0 spiro atoms. The molecule has 2 aromatic rings. The molecule has 0 saturated heterocycles. The Kier molecular flexibility index (Phi) is 9.27. The largest absolute Gasteiger partial charge is 0.354 e. The fourth-order valence-corrected chi connectivity index (χ4v) is 4.50. The Bertz CT molecular complexity index is 1060. The maximum absolute atomic E-state index is 13.4. The number of hydrogen-bond donors (Lipinski definition) is 1. The summed E-state index contributed by atoms with van der Waals surface area (Å²) in [7, 11) is -3.73. The van der Waals surface area contributed by atoms with Crippen LogP contribution >= 0.6 is 15.9 Å². The molecule has 0 heterocycles. The summed E-state index contributed by atoms with van der Waals surface area (Å²) < 4.78 is 27.0. The number of carbonyl (C=O) groups is 2. The molecule has 9 heteroatoms. The van der Waals surface area contributed by atoms with Crippen LogP contribution in [0.2, 0.25) is 0 Å². The van der Waals surface area contributed by atoms with E-state index in [1.54, 1.807) is 25.1 Å². The van der Waals surface area contributed by atoms with E-state index in [0.29, 0.717) is 12.2 Å². The average Bonchev–Trinajstić information content (AvgIpc) is 2.72. The molecule has 2 rings (SSSR count). The van der Waals surface area contributed by atoms with E-state index in [2.05, 4.69) is 21.2 Å². The molecule has 32 heavy (non-hydrogen) atoms. The van der Waals surface area contributed by atoms with Crippen molar-refractivity contribution in [3.05, 3.63) is 64.1 Å². The molecule has 0 aliphatic heterocycles. The molecular weight excluding hydrogens is 494 g/mol. The highest BCUT2D eigenvalue weighted by atomic mass is 79.9. The van der Waals surface area contributed by atoms with Gasteiger partial charge in [0.15, 0.2) is 0 Å². The molecule has 7 nitrogen and oxygen atoms in total. The minimum absolute atomic E-state index is 0.171. The molecule has 0 fully saturated rings. The predicted octanol–water partition coefficient (Wildman–Crippen LogP) is 3.47. The summed E-state index contributed by atoms with van der Waals surface area (Å²) in [4.78, 5) is 27.5. The second-order valence-electron chi connectivity index (χ2n) is 7.73. The lowest BCUT2D eigenvalue weighted by Crippen LogP contribution is -2.51. The number of aryl methyl sites for hydroxylation is 1. The Morgan fingerprint density at radius 1 is 1.12 bits per heavy atom. The molecule has 0 aromatic heterocycles. The minimum Gasteiger partial charge on any atom is -0.354 e. The smallest absolute Gasteiger partial charge is 0.244 e. The molecule has 0 bridgehead atoms. The van der Waals surface area contributed by atoms with E-state index in [9.17, 15) is 18.0 Å². The molecule has 1 N–H and O–H groups in total. The van der Waals surface area contributed by atoms with E-state index in [1.165, 1.54) is 4.90 Å². The summed E-state index contributed by atoms with van der Waals surface area (Å²) in [6, 6.07) is 13.6. The minimum atomic E-state index is -3.73. The van der Waals surface area contributed by atoms with Gasteiger partial charge in [0.25, 0.3) is 0 Å². The number of nitrogens with zero attached hydrogens (tertiary/aromatic N) is 2. The van der Waals surface area contributed by atoms with E-state index in [4.69, 9.17) is 0 Å². The monoisotopic (exact) mass is 523 g/mol. The number of anilines is 1.